The van der Waals surface area contributed by atoms with Crippen molar-refractivity contribution in [3.63, 3.8) is 0 Å². The van der Waals surface area contributed by atoms with E-state index in [0.29, 0.717) is 51.9 Å². The van der Waals surface area contributed by atoms with E-state index in [9.17, 15) is 14.9 Å². The number of aliphatic imine (C=N–C) groups is 1. The molecule has 1 heterocycles. The van der Waals surface area contributed by atoms with E-state index in [2.05, 4.69) is 18.0 Å². The summed E-state index contributed by atoms with van der Waals surface area (Å²) < 4.78 is 0. The molecule has 1 fully saturated rings. The van der Waals surface area contributed by atoms with Crippen LogP contribution in [0.4, 0.5) is 0 Å². The maximum Gasteiger partial charge on any atom is 0.243 e. The van der Waals surface area contributed by atoms with E-state index in [1.54, 1.807) is 9.80 Å². The van der Waals surface area contributed by atoms with Crippen molar-refractivity contribution in [2.75, 3.05) is 26.2 Å². The zero-order chi connectivity index (χ0) is 19.0. The molecule has 0 N–H and O–H groups in total. The standard InChI is InChI=1S/C20H32N4O2/c1-3-5-9-17-22-13-15-23(14-8-10-18(25)24(17)4-2)19(26)20(16-21)11-6-7-12-20/h3-15H2,1-2H3. The summed E-state index contributed by atoms with van der Waals surface area (Å²) in [6.07, 6.45) is 7.12. The van der Waals surface area contributed by atoms with Crippen molar-refractivity contribution >= 4 is 17.6 Å². The molecule has 0 aromatic rings. The van der Waals surface area contributed by atoms with Gasteiger partial charge in [-0.25, -0.2) is 0 Å². The molecule has 1 aliphatic heterocycles. The third kappa shape index (κ3) is 4.63. The molecule has 0 radical (unpaired) electrons. The van der Waals surface area contributed by atoms with Crippen LogP contribution in [0.5, 0.6) is 0 Å². The van der Waals surface area contributed by atoms with Crippen LogP contribution in [0.15, 0.2) is 4.99 Å². The van der Waals surface area contributed by atoms with E-state index < -0.39 is 5.41 Å². The molecule has 2 amide bonds. The van der Waals surface area contributed by atoms with E-state index in [-0.39, 0.29) is 11.8 Å². The molecule has 2 rings (SSSR count). The van der Waals surface area contributed by atoms with Crippen LogP contribution in [-0.2, 0) is 9.59 Å². The number of amidine groups is 1. The Labute approximate surface area is 157 Å². The molecular weight excluding hydrogens is 328 g/mol. The Balaban J connectivity index is 2.15. The van der Waals surface area contributed by atoms with Gasteiger partial charge in [0, 0.05) is 32.5 Å². The summed E-state index contributed by atoms with van der Waals surface area (Å²) >= 11 is 0. The molecule has 0 spiro atoms. The summed E-state index contributed by atoms with van der Waals surface area (Å²) in [7, 11) is 0. The molecule has 0 saturated heterocycles. The largest absolute Gasteiger partial charge is 0.339 e. The van der Waals surface area contributed by atoms with Crippen molar-refractivity contribution in [3.05, 3.63) is 0 Å². The summed E-state index contributed by atoms with van der Waals surface area (Å²) in [4.78, 5) is 33.9. The quantitative estimate of drug-likeness (QED) is 0.756. The first-order valence-electron chi connectivity index (χ1n) is 10.1. The minimum Gasteiger partial charge on any atom is -0.339 e. The second-order valence-corrected chi connectivity index (χ2v) is 7.34. The molecule has 26 heavy (non-hydrogen) atoms. The van der Waals surface area contributed by atoms with Crippen LogP contribution in [0.2, 0.25) is 0 Å². The zero-order valence-corrected chi connectivity index (χ0v) is 16.3. The van der Waals surface area contributed by atoms with Gasteiger partial charge in [0.1, 0.15) is 11.3 Å². The molecule has 0 aromatic heterocycles. The summed E-state index contributed by atoms with van der Waals surface area (Å²) in [6.45, 7) is 6.31. The van der Waals surface area contributed by atoms with E-state index >= 15 is 0 Å². The number of unbranched alkanes of at least 4 members (excludes halogenated alkanes) is 1. The van der Waals surface area contributed by atoms with Gasteiger partial charge < -0.3 is 9.80 Å². The topological polar surface area (TPSA) is 76.8 Å². The first-order valence-corrected chi connectivity index (χ1v) is 10.1. The molecule has 1 saturated carbocycles. The molecule has 1 aliphatic carbocycles. The van der Waals surface area contributed by atoms with Crippen LogP contribution < -0.4 is 0 Å². The van der Waals surface area contributed by atoms with Gasteiger partial charge in [-0.05, 0) is 32.6 Å². The van der Waals surface area contributed by atoms with Crippen molar-refractivity contribution in [2.45, 2.75) is 71.6 Å². The second kappa shape index (κ2) is 9.70. The van der Waals surface area contributed by atoms with Gasteiger partial charge in [-0.2, -0.15) is 5.26 Å². The highest BCUT2D eigenvalue weighted by atomic mass is 16.2. The number of nitriles is 1. The monoisotopic (exact) mass is 360 g/mol. The van der Waals surface area contributed by atoms with Gasteiger partial charge in [0.05, 0.1) is 12.6 Å². The van der Waals surface area contributed by atoms with Gasteiger partial charge >= 0.3 is 0 Å². The molecule has 2 aliphatic rings. The van der Waals surface area contributed by atoms with Crippen LogP contribution in [0, 0.1) is 16.7 Å². The Hall–Kier alpha value is -1.90. The molecule has 0 aromatic carbocycles. The Morgan fingerprint density at radius 2 is 1.96 bits per heavy atom. The number of carbonyl (C=O) groups is 2. The lowest BCUT2D eigenvalue weighted by atomic mass is 9.86. The molecule has 144 valence electrons. The second-order valence-electron chi connectivity index (χ2n) is 7.34. The van der Waals surface area contributed by atoms with E-state index in [0.717, 1.165) is 37.9 Å². The van der Waals surface area contributed by atoms with Crippen molar-refractivity contribution in [2.24, 2.45) is 10.4 Å². The highest BCUT2D eigenvalue weighted by Crippen LogP contribution is 2.39. The van der Waals surface area contributed by atoms with Gasteiger partial charge in [0.15, 0.2) is 0 Å². The number of carbonyl (C=O) groups excluding carboxylic acids is 2. The highest BCUT2D eigenvalue weighted by Gasteiger charge is 2.43. The van der Waals surface area contributed by atoms with Crippen molar-refractivity contribution in [1.82, 2.24) is 9.80 Å². The van der Waals surface area contributed by atoms with Crippen LogP contribution in [0.1, 0.15) is 71.6 Å². The first-order chi connectivity index (χ1) is 12.6. The Kier molecular flexibility index (Phi) is 7.62. The van der Waals surface area contributed by atoms with Crippen LogP contribution in [0.25, 0.3) is 0 Å². The normalized spacial score (nSPS) is 21.3. The number of rotatable bonds is 5. The van der Waals surface area contributed by atoms with Crippen LogP contribution >= 0.6 is 0 Å². The lowest BCUT2D eigenvalue weighted by Gasteiger charge is -2.31. The highest BCUT2D eigenvalue weighted by molar-refractivity contribution is 5.98. The molecule has 0 atom stereocenters. The van der Waals surface area contributed by atoms with Gasteiger partial charge in [-0.15, -0.1) is 0 Å². The number of amides is 2. The smallest absolute Gasteiger partial charge is 0.243 e. The predicted octanol–water partition coefficient (Wildman–Crippen LogP) is 3.13. The lowest BCUT2D eigenvalue weighted by Crippen LogP contribution is -2.45. The fourth-order valence-corrected chi connectivity index (χ4v) is 3.96. The van der Waals surface area contributed by atoms with Crippen molar-refractivity contribution in [1.29, 1.82) is 5.26 Å². The molecule has 0 unspecified atom stereocenters. The fourth-order valence-electron chi connectivity index (χ4n) is 3.96. The maximum atomic E-state index is 13.0. The van der Waals surface area contributed by atoms with Crippen LogP contribution in [-0.4, -0.2) is 53.6 Å². The SMILES string of the molecule is CCCCC1=NCCN(C(=O)C2(C#N)CCCC2)CCCC(=O)N1CC. The number of hydrogen-bond donors (Lipinski definition) is 0. The summed E-state index contributed by atoms with van der Waals surface area (Å²) in [5.41, 5.74) is -0.849. The average Bonchev–Trinajstić information content (AvgIpc) is 3.14. The lowest BCUT2D eigenvalue weighted by molar-refractivity contribution is -0.139. The number of hydrogen-bond acceptors (Lipinski definition) is 4. The predicted molar refractivity (Wildman–Crippen MR) is 102 cm³/mol. The first kappa shape index (κ1) is 20.4. The third-order valence-electron chi connectivity index (χ3n) is 5.53. The third-order valence-corrected chi connectivity index (χ3v) is 5.53. The van der Waals surface area contributed by atoms with E-state index in [1.165, 1.54) is 0 Å². The summed E-state index contributed by atoms with van der Waals surface area (Å²) in [5.74, 6) is 0.889. The van der Waals surface area contributed by atoms with Gasteiger partial charge in [0.25, 0.3) is 0 Å². The molecule has 6 nitrogen and oxygen atoms in total. The van der Waals surface area contributed by atoms with Crippen LogP contribution in [0.3, 0.4) is 0 Å². The van der Waals surface area contributed by atoms with E-state index in [1.807, 2.05) is 6.92 Å². The number of nitrogens with zero attached hydrogens (tertiary/aromatic N) is 4. The zero-order valence-electron chi connectivity index (χ0n) is 16.3. The minimum absolute atomic E-state index is 0.0526. The maximum absolute atomic E-state index is 13.0. The molecule has 6 heteroatoms. The van der Waals surface area contributed by atoms with Gasteiger partial charge in [0.2, 0.25) is 11.8 Å². The summed E-state index contributed by atoms with van der Waals surface area (Å²) in [5, 5.41) is 9.61. The Bertz CT molecular complexity index is 573. The van der Waals surface area contributed by atoms with E-state index in [4.69, 9.17) is 0 Å². The Morgan fingerprint density at radius 3 is 2.58 bits per heavy atom. The fraction of sp³-hybridized carbons (Fsp3) is 0.800. The Morgan fingerprint density at radius 1 is 1.23 bits per heavy atom. The van der Waals surface area contributed by atoms with Gasteiger partial charge in [-0.1, -0.05) is 26.2 Å². The average molecular weight is 361 g/mol. The van der Waals surface area contributed by atoms with Crippen molar-refractivity contribution in [3.8, 4) is 6.07 Å². The summed E-state index contributed by atoms with van der Waals surface area (Å²) in [6, 6.07) is 2.30. The van der Waals surface area contributed by atoms with Gasteiger partial charge in [-0.3, -0.25) is 14.6 Å². The van der Waals surface area contributed by atoms with Crippen molar-refractivity contribution < 1.29 is 9.59 Å². The molecule has 0 bridgehead atoms. The minimum atomic E-state index is -0.849. The molecular formula is C20H32N4O2.